The molecule has 7 heteroatoms. The molecule has 2 atom stereocenters. The van der Waals surface area contributed by atoms with E-state index in [1.54, 1.807) is 31.2 Å². The van der Waals surface area contributed by atoms with Crippen LogP contribution in [0.25, 0.3) is 0 Å². The van der Waals surface area contributed by atoms with Crippen molar-refractivity contribution in [2.24, 2.45) is 0 Å². The molecule has 0 radical (unpaired) electrons. The molecule has 0 saturated carbocycles. The molecular formula is C25H28N2O4S. The third-order valence-corrected chi connectivity index (χ3v) is 6.35. The molecule has 1 N–H and O–H groups in total. The van der Waals surface area contributed by atoms with Gasteiger partial charge in [-0.1, -0.05) is 55.5 Å². The maximum absolute atomic E-state index is 12.8. The van der Waals surface area contributed by atoms with E-state index in [-0.39, 0.29) is 11.8 Å². The molecule has 0 heterocycles. The zero-order valence-corrected chi connectivity index (χ0v) is 19.2. The molecular weight excluding hydrogens is 424 g/mol. The molecule has 0 aliphatic heterocycles. The minimum atomic E-state index is -3.69. The first kappa shape index (κ1) is 23.3. The monoisotopic (exact) mass is 452 g/mol. The summed E-state index contributed by atoms with van der Waals surface area (Å²) in [7, 11) is -3.69. The Morgan fingerprint density at radius 1 is 0.875 bits per heavy atom. The van der Waals surface area contributed by atoms with E-state index in [9.17, 15) is 13.2 Å². The highest BCUT2D eigenvalue weighted by atomic mass is 32.2. The van der Waals surface area contributed by atoms with Crippen LogP contribution in [0.5, 0.6) is 11.5 Å². The molecule has 3 aromatic rings. The maximum Gasteiger partial charge on any atom is 0.243 e. The average molecular weight is 453 g/mol. The Hall–Kier alpha value is -3.32. The van der Waals surface area contributed by atoms with E-state index in [0.717, 1.165) is 16.1 Å². The lowest BCUT2D eigenvalue weighted by Gasteiger charge is -2.28. The van der Waals surface area contributed by atoms with E-state index in [1.807, 2.05) is 67.6 Å². The molecule has 32 heavy (non-hydrogen) atoms. The van der Waals surface area contributed by atoms with Crippen LogP contribution in [0.15, 0.2) is 84.9 Å². The highest BCUT2D eigenvalue weighted by molar-refractivity contribution is 7.92. The van der Waals surface area contributed by atoms with Crippen LogP contribution in [0.1, 0.15) is 25.3 Å². The number of ether oxygens (including phenoxy) is 1. The van der Waals surface area contributed by atoms with Crippen LogP contribution >= 0.6 is 0 Å². The van der Waals surface area contributed by atoms with Gasteiger partial charge in [0, 0.05) is 6.54 Å². The quantitative estimate of drug-likeness (QED) is 0.517. The maximum atomic E-state index is 12.8. The molecule has 0 aliphatic rings. The minimum absolute atomic E-state index is 0.105. The number of carbonyl (C=O) groups excluding carboxylic acids is 1. The molecule has 3 aromatic carbocycles. The fraction of sp³-hybridized carbons (Fsp3) is 0.240. The second-order valence-corrected chi connectivity index (χ2v) is 9.56. The number of benzene rings is 3. The Balaban J connectivity index is 1.70. The van der Waals surface area contributed by atoms with Crippen LogP contribution in [-0.2, 0) is 14.8 Å². The van der Waals surface area contributed by atoms with Gasteiger partial charge in [-0.15, -0.1) is 0 Å². The van der Waals surface area contributed by atoms with Crippen molar-refractivity contribution in [2.45, 2.75) is 25.8 Å². The fourth-order valence-electron chi connectivity index (χ4n) is 3.40. The highest BCUT2D eigenvalue weighted by Crippen LogP contribution is 2.27. The van der Waals surface area contributed by atoms with Crippen molar-refractivity contribution in [1.82, 2.24) is 5.32 Å². The van der Waals surface area contributed by atoms with Crippen LogP contribution in [0.4, 0.5) is 5.69 Å². The number of hydrogen-bond acceptors (Lipinski definition) is 4. The number of sulfonamides is 1. The molecule has 2 unspecified atom stereocenters. The number of anilines is 1. The first-order chi connectivity index (χ1) is 15.3. The van der Waals surface area contributed by atoms with E-state index >= 15 is 0 Å². The van der Waals surface area contributed by atoms with Gasteiger partial charge >= 0.3 is 0 Å². The molecule has 3 rings (SSSR count). The smallest absolute Gasteiger partial charge is 0.243 e. The van der Waals surface area contributed by atoms with Gasteiger partial charge in [0.1, 0.15) is 17.5 Å². The number of rotatable bonds is 9. The number of amides is 1. The fourth-order valence-corrected chi connectivity index (χ4v) is 4.57. The number of nitrogens with one attached hydrogen (secondary N) is 1. The summed E-state index contributed by atoms with van der Waals surface area (Å²) in [6, 6.07) is 24.9. The van der Waals surface area contributed by atoms with E-state index in [1.165, 1.54) is 0 Å². The van der Waals surface area contributed by atoms with Gasteiger partial charge < -0.3 is 10.1 Å². The zero-order valence-electron chi connectivity index (χ0n) is 18.4. The standard InChI is InChI=1S/C25H28N2O4S/c1-19(21-10-6-4-7-11-21)18-26-25(28)20(2)27(32(3,29)30)22-14-16-24(17-15-22)31-23-12-8-5-9-13-23/h4-17,19-20H,18H2,1-3H3,(H,26,28). The predicted octanol–water partition coefficient (Wildman–Crippen LogP) is 4.55. The first-order valence-corrected chi connectivity index (χ1v) is 12.3. The van der Waals surface area contributed by atoms with Crippen LogP contribution < -0.4 is 14.4 Å². The van der Waals surface area contributed by atoms with E-state index in [0.29, 0.717) is 23.7 Å². The van der Waals surface area contributed by atoms with Gasteiger partial charge in [-0.25, -0.2) is 8.42 Å². The lowest BCUT2D eigenvalue weighted by Crippen LogP contribution is -2.48. The Bertz CT molecular complexity index is 1120. The van der Waals surface area contributed by atoms with Crippen molar-refractivity contribution in [2.75, 3.05) is 17.1 Å². The van der Waals surface area contributed by atoms with Crippen LogP contribution in [0, 0.1) is 0 Å². The van der Waals surface area contributed by atoms with Gasteiger partial charge in [0.15, 0.2) is 0 Å². The second kappa shape index (κ2) is 10.3. The normalized spacial score (nSPS) is 13.1. The summed E-state index contributed by atoms with van der Waals surface area (Å²) in [5, 5.41) is 2.88. The lowest BCUT2D eigenvalue weighted by atomic mass is 10.0. The zero-order chi connectivity index (χ0) is 23.1. The van der Waals surface area contributed by atoms with Crippen molar-refractivity contribution in [3.63, 3.8) is 0 Å². The minimum Gasteiger partial charge on any atom is -0.457 e. The summed E-state index contributed by atoms with van der Waals surface area (Å²) in [4.78, 5) is 12.8. The molecule has 6 nitrogen and oxygen atoms in total. The molecule has 0 spiro atoms. The Morgan fingerprint density at radius 2 is 1.41 bits per heavy atom. The molecule has 0 saturated heterocycles. The molecule has 0 aromatic heterocycles. The van der Waals surface area contributed by atoms with Crippen molar-refractivity contribution in [3.05, 3.63) is 90.5 Å². The van der Waals surface area contributed by atoms with Crippen molar-refractivity contribution >= 4 is 21.6 Å². The van der Waals surface area contributed by atoms with Gasteiger partial charge in [-0.2, -0.15) is 0 Å². The Morgan fingerprint density at radius 3 is 1.97 bits per heavy atom. The predicted molar refractivity (Wildman–Crippen MR) is 128 cm³/mol. The van der Waals surface area contributed by atoms with E-state index < -0.39 is 16.1 Å². The van der Waals surface area contributed by atoms with Crippen molar-refractivity contribution in [3.8, 4) is 11.5 Å². The van der Waals surface area contributed by atoms with Crippen LogP contribution in [0.3, 0.4) is 0 Å². The van der Waals surface area contributed by atoms with Crippen LogP contribution in [-0.4, -0.2) is 33.2 Å². The summed E-state index contributed by atoms with van der Waals surface area (Å²) in [5.41, 5.74) is 1.50. The van der Waals surface area contributed by atoms with E-state index in [2.05, 4.69) is 5.32 Å². The van der Waals surface area contributed by atoms with Gasteiger partial charge in [0.05, 0.1) is 11.9 Å². The first-order valence-electron chi connectivity index (χ1n) is 10.4. The van der Waals surface area contributed by atoms with E-state index in [4.69, 9.17) is 4.74 Å². The Kier molecular flexibility index (Phi) is 7.53. The molecule has 1 amide bonds. The number of para-hydroxylation sites is 1. The van der Waals surface area contributed by atoms with Crippen LogP contribution in [0.2, 0.25) is 0 Å². The lowest BCUT2D eigenvalue weighted by molar-refractivity contribution is -0.121. The largest absolute Gasteiger partial charge is 0.457 e. The molecule has 0 bridgehead atoms. The molecule has 0 aliphatic carbocycles. The number of hydrogen-bond donors (Lipinski definition) is 1. The number of nitrogens with zero attached hydrogens (tertiary/aromatic N) is 1. The summed E-state index contributed by atoms with van der Waals surface area (Å²) < 4.78 is 31.9. The SMILES string of the molecule is CC(CNC(=O)C(C)N(c1ccc(Oc2ccccc2)cc1)S(C)(=O)=O)c1ccccc1. The average Bonchev–Trinajstić information content (AvgIpc) is 2.79. The highest BCUT2D eigenvalue weighted by Gasteiger charge is 2.29. The number of carbonyl (C=O) groups is 1. The molecule has 168 valence electrons. The molecule has 0 fully saturated rings. The Labute approximate surface area is 189 Å². The summed E-state index contributed by atoms with van der Waals surface area (Å²) >= 11 is 0. The third-order valence-electron chi connectivity index (χ3n) is 5.11. The van der Waals surface area contributed by atoms with Gasteiger partial charge in [-0.3, -0.25) is 9.10 Å². The summed E-state index contributed by atoms with van der Waals surface area (Å²) in [6.07, 6.45) is 1.09. The van der Waals surface area contributed by atoms with Crippen molar-refractivity contribution < 1.29 is 17.9 Å². The van der Waals surface area contributed by atoms with Crippen molar-refractivity contribution in [1.29, 1.82) is 0 Å². The van der Waals surface area contributed by atoms with Gasteiger partial charge in [0.25, 0.3) is 0 Å². The second-order valence-electron chi connectivity index (χ2n) is 7.70. The van der Waals surface area contributed by atoms with Gasteiger partial charge in [-0.05, 0) is 54.8 Å². The third kappa shape index (κ3) is 6.11. The summed E-state index contributed by atoms with van der Waals surface area (Å²) in [6.45, 7) is 4.01. The van der Waals surface area contributed by atoms with Gasteiger partial charge in [0.2, 0.25) is 15.9 Å². The topological polar surface area (TPSA) is 75.7 Å². The summed E-state index contributed by atoms with van der Waals surface area (Å²) in [5.74, 6) is 0.999.